The van der Waals surface area contributed by atoms with E-state index >= 15 is 0 Å². The fourth-order valence-corrected chi connectivity index (χ4v) is 2.76. The zero-order chi connectivity index (χ0) is 17.1. The topological polar surface area (TPSA) is 84.8 Å². The number of piperazine rings is 1. The van der Waals surface area contributed by atoms with Gasteiger partial charge in [-0.15, -0.1) is 10.2 Å². The van der Waals surface area contributed by atoms with Crippen LogP contribution in [0.2, 0.25) is 0 Å². The van der Waals surface area contributed by atoms with Gasteiger partial charge in [-0.2, -0.15) is 0 Å². The molecular weight excluding hydrogens is 312 g/mol. The van der Waals surface area contributed by atoms with Crippen LogP contribution in [0.4, 0.5) is 4.79 Å². The van der Waals surface area contributed by atoms with Gasteiger partial charge in [0.15, 0.2) is 0 Å². The summed E-state index contributed by atoms with van der Waals surface area (Å²) in [5.41, 5.74) is 0.832. The third-order valence-electron chi connectivity index (χ3n) is 4.00. The van der Waals surface area contributed by atoms with Crippen LogP contribution in [0.25, 0.3) is 11.5 Å². The lowest BCUT2D eigenvalue weighted by Gasteiger charge is -2.33. The number of aromatic nitrogens is 2. The van der Waals surface area contributed by atoms with Gasteiger partial charge in [0.2, 0.25) is 5.89 Å². The van der Waals surface area contributed by atoms with E-state index in [0.29, 0.717) is 38.0 Å². The molecule has 0 atom stereocenters. The number of carbonyl (C=O) groups excluding carboxylic acids is 1. The highest BCUT2D eigenvalue weighted by Crippen LogP contribution is 2.25. The van der Waals surface area contributed by atoms with Crippen LogP contribution in [0.5, 0.6) is 0 Å². The van der Waals surface area contributed by atoms with Crippen LogP contribution in [0.15, 0.2) is 14.9 Å². The number of hydrogen-bond acceptors (Lipinski definition) is 7. The lowest BCUT2D eigenvalue weighted by Crippen LogP contribution is -2.48. The monoisotopic (exact) mass is 334 g/mol. The summed E-state index contributed by atoms with van der Waals surface area (Å²) in [7, 11) is 0. The van der Waals surface area contributed by atoms with Gasteiger partial charge in [0.1, 0.15) is 11.5 Å². The molecule has 0 aliphatic carbocycles. The lowest BCUT2D eigenvalue weighted by atomic mass is 10.2. The second-order valence-electron chi connectivity index (χ2n) is 5.79. The molecule has 24 heavy (non-hydrogen) atoms. The minimum atomic E-state index is -0.247. The number of aryl methyl sites for hydroxylation is 2. The van der Waals surface area contributed by atoms with Crippen LogP contribution >= 0.6 is 0 Å². The summed E-state index contributed by atoms with van der Waals surface area (Å²) in [6.45, 7) is 9.32. The summed E-state index contributed by atoms with van der Waals surface area (Å²) in [6.07, 6.45) is -0.247. The first-order valence-corrected chi connectivity index (χ1v) is 8.10. The summed E-state index contributed by atoms with van der Waals surface area (Å²) in [5.74, 6) is 2.63. The fraction of sp³-hybridized carbons (Fsp3) is 0.562. The second-order valence-corrected chi connectivity index (χ2v) is 5.79. The van der Waals surface area contributed by atoms with Crippen LogP contribution in [-0.4, -0.2) is 58.9 Å². The van der Waals surface area contributed by atoms with E-state index in [9.17, 15) is 4.79 Å². The summed E-state index contributed by atoms with van der Waals surface area (Å²) >= 11 is 0. The Balaban J connectivity index is 1.56. The van der Waals surface area contributed by atoms with E-state index in [0.717, 1.165) is 30.2 Å². The number of carbonyl (C=O) groups is 1. The SMILES string of the molecule is CCOC(=O)N1CCN(Cc2nnc(-c3cc(C)oc3C)o2)CC1. The predicted molar refractivity (Wildman–Crippen MR) is 85.3 cm³/mol. The highest BCUT2D eigenvalue weighted by atomic mass is 16.6. The third kappa shape index (κ3) is 3.59. The van der Waals surface area contributed by atoms with Crippen molar-refractivity contribution in [2.75, 3.05) is 32.8 Å². The van der Waals surface area contributed by atoms with Crippen molar-refractivity contribution < 1.29 is 18.4 Å². The lowest BCUT2D eigenvalue weighted by molar-refractivity contribution is 0.0756. The van der Waals surface area contributed by atoms with Crippen molar-refractivity contribution in [3.05, 3.63) is 23.5 Å². The first kappa shape index (κ1) is 16.5. The van der Waals surface area contributed by atoms with E-state index < -0.39 is 0 Å². The average molecular weight is 334 g/mol. The van der Waals surface area contributed by atoms with Crippen LogP contribution < -0.4 is 0 Å². The maximum absolute atomic E-state index is 11.7. The van der Waals surface area contributed by atoms with Gasteiger partial charge in [-0.1, -0.05) is 0 Å². The Labute approximate surface area is 140 Å². The molecule has 3 heterocycles. The molecule has 0 spiro atoms. The van der Waals surface area contributed by atoms with E-state index in [1.807, 2.05) is 26.8 Å². The first-order chi connectivity index (χ1) is 11.6. The summed E-state index contributed by atoms with van der Waals surface area (Å²) in [4.78, 5) is 15.6. The molecular formula is C16H22N4O4. The minimum Gasteiger partial charge on any atom is -0.466 e. The number of amides is 1. The number of hydrogen-bond donors (Lipinski definition) is 0. The van der Waals surface area contributed by atoms with Crippen molar-refractivity contribution in [1.29, 1.82) is 0 Å². The van der Waals surface area contributed by atoms with Crippen molar-refractivity contribution >= 4 is 6.09 Å². The predicted octanol–water partition coefficient (Wildman–Crippen LogP) is 2.22. The van der Waals surface area contributed by atoms with Crippen LogP contribution in [0, 0.1) is 13.8 Å². The Morgan fingerprint density at radius 3 is 2.58 bits per heavy atom. The number of rotatable bonds is 4. The number of ether oxygens (including phenoxy) is 1. The maximum atomic E-state index is 11.7. The standard InChI is InChI=1S/C16H22N4O4/c1-4-22-16(21)20-7-5-19(6-8-20)10-14-17-18-15(24-14)13-9-11(2)23-12(13)3/h9H,4-8,10H2,1-3H3. The van der Waals surface area contributed by atoms with Crippen molar-refractivity contribution in [2.24, 2.45) is 0 Å². The highest BCUT2D eigenvalue weighted by Gasteiger charge is 2.23. The highest BCUT2D eigenvalue weighted by molar-refractivity contribution is 5.67. The van der Waals surface area contributed by atoms with Gasteiger partial charge < -0.3 is 18.5 Å². The normalized spacial score (nSPS) is 15.7. The molecule has 1 saturated heterocycles. The maximum Gasteiger partial charge on any atom is 0.409 e. The van der Waals surface area contributed by atoms with E-state index in [1.54, 1.807) is 4.90 Å². The molecule has 1 fully saturated rings. The van der Waals surface area contributed by atoms with E-state index in [4.69, 9.17) is 13.6 Å². The summed E-state index contributed by atoms with van der Waals surface area (Å²) < 4.78 is 16.3. The smallest absolute Gasteiger partial charge is 0.409 e. The largest absolute Gasteiger partial charge is 0.466 e. The van der Waals surface area contributed by atoms with Crippen LogP contribution in [0.1, 0.15) is 24.3 Å². The third-order valence-corrected chi connectivity index (χ3v) is 4.00. The van der Waals surface area contributed by atoms with Crippen LogP contribution in [0.3, 0.4) is 0 Å². The van der Waals surface area contributed by atoms with Gasteiger partial charge in [-0.05, 0) is 26.8 Å². The van der Waals surface area contributed by atoms with Crippen molar-refractivity contribution in [2.45, 2.75) is 27.3 Å². The average Bonchev–Trinajstić information content (AvgIpc) is 3.14. The van der Waals surface area contributed by atoms with Gasteiger partial charge >= 0.3 is 6.09 Å². The van der Waals surface area contributed by atoms with Crippen molar-refractivity contribution in [1.82, 2.24) is 20.0 Å². The van der Waals surface area contributed by atoms with Gasteiger partial charge in [0.05, 0.1) is 18.7 Å². The van der Waals surface area contributed by atoms with Crippen molar-refractivity contribution in [3.8, 4) is 11.5 Å². The Hall–Kier alpha value is -2.35. The van der Waals surface area contributed by atoms with Gasteiger partial charge in [-0.3, -0.25) is 4.90 Å². The zero-order valence-corrected chi connectivity index (χ0v) is 14.2. The molecule has 3 rings (SSSR count). The molecule has 0 aromatic carbocycles. The van der Waals surface area contributed by atoms with E-state index in [1.165, 1.54) is 0 Å². The van der Waals surface area contributed by atoms with Gasteiger partial charge in [0.25, 0.3) is 5.89 Å². The van der Waals surface area contributed by atoms with E-state index in [2.05, 4.69) is 15.1 Å². The zero-order valence-electron chi connectivity index (χ0n) is 14.2. The molecule has 0 unspecified atom stereocenters. The second kappa shape index (κ2) is 7.04. The molecule has 0 saturated carbocycles. The minimum absolute atomic E-state index is 0.247. The van der Waals surface area contributed by atoms with Crippen LogP contribution in [-0.2, 0) is 11.3 Å². The molecule has 130 valence electrons. The van der Waals surface area contributed by atoms with Gasteiger partial charge in [-0.25, -0.2) is 4.79 Å². The molecule has 8 nitrogen and oxygen atoms in total. The summed E-state index contributed by atoms with van der Waals surface area (Å²) in [6, 6.07) is 1.89. The molecule has 1 amide bonds. The molecule has 0 radical (unpaired) electrons. The molecule has 8 heteroatoms. The molecule has 2 aromatic heterocycles. The molecule has 0 bridgehead atoms. The first-order valence-electron chi connectivity index (χ1n) is 8.10. The molecule has 1 aliphatic rings. The van der Waals surface area contributed by atoms with Crippen molar-refractivity contribution in [3.63, 3.8) is 0 Å². The fourth-order valence-electron chi connectivity index (χ4n) is 2.76. The summed E-state index contributed by atoms with van der Waals surface area (Å²) in [5, 5.41) is 8.22. The number of furan rings is 1. The molecule has 2 aromatic rings. The quantitative estimate of drug-likeness (QED) is 0.847. The molecule has 0 N–H and O–H groups in total. The Bertz CT molecular complexity index is 701. The number of nitrogens with zero attached hydrogens (tertiary/aromatic N) is 4. The van der Waals surface area contributed by atoms with E-state index in [-0.39, 0.29) is 6.09 Å². The Morgan fingerprint density at radius 1 is 1.21 bits per heavy atom. The molecule has 1 aliphatic heterocycles. The Morgan fingerprint density at radius 2 is 1.96 bits per heavy atom. The Kier molecular flexibility index (Phi) is 4.84. The van der Waals surface area contributed by atoms with Gasteiger partial charge in [0, 0.05) is 26.2 Å².